The Morgan fingerprint density at radius 2 is 1.52 bits per heavy atom. The molecule has 0 saturated carbocycles. The van der Waals surface area contributed by atoms with Crippen LogP contribution in [0.25, 0.3) is 0 Å². The molecule has 2 rings (SSSR count). The first-order valence-corrected chi connectivity index (χ1v) is 12.8. The largest absolute Gasteiger partial charge is 0.497 e. The van der Waals surface area contributed by atoms with Crippen LogP contribution in [0.3, 0.4) is 0 Å². The van der Waals surface area contributed by atoms with Crippen LogP contribution in [0.4, 0.5) is 0 Å². The summed E-state index contributed by atoms with van der Waals surface area (Å²) in [6, 6.07) is 13.2. The number of methoxy groups -OCH3 is 1. The van der Waals surface area contributed by atoms with Crippen molar-refractivity contribution in [1.29, 1.82) is 0 Å². The highest BCUT2D eigenvalue weighted by Gasteiger charge is 2.14. The summed E-state index contributed by atoms with van der Waals surface area (Å²) in [5, 5.41) is 2.98. The Hall–Kier alpha value is -2.42. The number of nitrogens with one attached hydrogen (secondary N) is 2. The number of rotatable bonds is 13. The molecule has 7 nitrogen and oxygen atoms in total. The Morgan fingerprint density at radius 3 is 2.03 bits per heavy atom. The van der Waals surface area contributed by atoms with Crippen molar-refractivity contribution in [2.45, 2.75) is 39.1 Å². The summed E-state index contributed by atoms with van der Waals surface area (Å²) in [6.45, 7) is 12.3. The first-order valence-electron chi connectivity index (χ1n) is 11.3. The molecule has 0 unspecified atom stereocenters. The topological polar surface area (TPSA) is 87.7 Å². The van der Waals surface area contributed by atoms with Crippen molar-refractivity contribution in [2.75, 3.05) is 33.3 Å². The Kier molecular flexibility index (Phi) is 10.3. The van der Waals surface area contributed by atoms with E-state index in [4.69, 9.17) is 4.74 Å². The number of hydrogen-bond donors (Lipinski definition) is 2. The molecule has 0 radical (unpaired) electrons. The molecule has 33 heavy (non-hydrogen) atoms. The lowest BCUT2D eigenvalue weighted by Gasteiger charge is -2.26. The molecule has 0 aliphatic carbocycles. The Balaban J connectivity index is 1.86. The van der Waals surface area contributed by atoms with Crippen LogP contribution in [-0.4, -0.2) is 52.5 Å². The third kappa shape index (κ3) is 9.15. The summed E-state index contributed by atoms with van der Waals surface area (Å²) in [5.74, 6) is 1.62. The molecular weight excluding hydrogens is 438 g/mol. The van der Waals surface area contributed by atoms with Gasteiger partial charge in [0.25, 0.3) is 5.91 Å². The van der Waals surface area contributed by atoms with Crippen LogP contribution in [0, 0.1) is 11.8 Å². The van der Waals surface area contributed by atoms with Gasteiger partial charge in [0, 0.05) is 38.3 Å². The number of sulfonamides is 1. The molecule has 0 heterocycles. The zero-order valence-corrected chi connectivity index (χ0v) is 21.1. The molecule has 0 aliphatic rings. The van der Waals surface area contributed by atoms with E-state index in [9.17, 15) is 13.2 Å². The van der Waals surface area contributed by atoms with E-state index in [1.807, 2.05) is 0 Å². The Labute approximate surface area is 198 Å². The van der Waals surface area contributed by atoms with Gasteiger partial charge in [0.05, 0.1) is 12.0 Å². The van der Waals surface area contributed by atoms with Crippen molar-refractivity contribution in [1.82, 2.24) is 14.9 Å². The van der Waals surface area contributed by atoms with Crippen LogP contribution in [-0.2, 0) is 16.6 Å². The summed E-state index contributed by atoms with van der Waals surface area (Å²) < 4.78 is 32.6. The van der Waals surface area contributed by atoms with Gasteiger partial charge in [-0.05, 0) is 53.8 Å². The second-order valence-electron chi connectivity index (χ2n) is 9.00. The number of nitrogens with zero attached hydrogens (tertiary/aromatic N) is 1. The smallest absolute Gasteiger partial charge is 0.251 e. The molecule has 0 saturated heterocycles. The first kappa shape index (κ1) is 26.8. The monoisotopic (exact) mass is 475 g/mol. The van der Waals surface area contributed by atoms with Crippen molar-refractivity contribution in [3.05, 3.63) is 59.7 Å². The SMILES string of the molecule is COc1ccc(S(=O)(=O)NCc2ccc(C(=O)NCCN(CC(C)C)CC(C)C)cc2)cc1. The third-order valence-corrected chi connectivity index (χ3v) is 6.43. The molecule has 0 aromatic heterocycles. The fraction of sp³-hybridized carbons (Fsp3) is 0.480. The highest BCUT2D eigenvalue weighted by molar-refractivity contribution is 7.89. The summed E-state index contributed by atoms with van der Waals surface area (Å²) in [5.41, 5.74) is 1.32. The van der Waals surface area contributed by atoms with Gasteiger partial charge < -0.3 is 15.0 Å². The molecule has 0 fully saturated rings. The van der Waals surface area contributed by atoms with E-state index in [0.717, 1.165) is 25.2 Å². The van der Waals surface area contributed by atoms with Crippen LogP contribution in [0.1, 0.15) is 43.6 Å². The number of benzene rings is 2. The molecule has 1 amide bonds. The number of carbonyl (C=O) groups is 1. The molecule has 8 heteroatoms. The Bertz CT molecular complexity index is 962. The molecule has 0 aliphatic heterocycles. The van der Waals surface area contributed by atoms with Crippen LogP contribution in [0.2, 0.25) is 0 Å². The number of hydrogen-bond acceptors (Lipinski definition) is 5. The van der Waals surface area contributed by atoms with E-state index in [-0.39, 0.29) is 17.3 Å². The van der Waals surface area contributed by atoms with Crippen molar-refractivity contribution in [3.8, 4) is 5.75 Å². The minimum absolute atomic E-state index is 0.130. The standard InChI is InChI=1S/C25H37N3O4S/c1-19(2)17-28(18-20(3)4)15-14-26-25(29)22-8-6-21(7-9-22)16-27-33(30,31)24-12-10-23(32-5)11-13-24/h6-13,19-20,27H,14-18H2,1-5H3,(H,26,29). The van der Waals surface area contributed by atoms with E-state index in [2.05, 4.69) is 42.6 Å². The van der Waals surface area contributed by atoms with Gasteiger partial charge in [-0.25, -0.2) is 13.1 Å². The second-order valence-corrected chi connectivity index (χ2v) is 10.8. The molecule has 0 bridgehead atoms. The average molecular weight is 476 g/mol. The van der Waals surface area contributed by atoms with Gasteiger partial charge in [0.15, 0.2) is 0 Å². The third-order valence-electron chi connectivity index (χ3n) is 5.01. The van der Waals surface area contributed by atoms with E-state index < -0.39 is 10.0 Å². The summed E-state index contributed by atoms with van der Waals surface area (Å²) >= 11 is 0. The van der Waals surface area contributed by atoms with Gasteiger partial charge in [-0.2, -0.15) is 0 Å². The maximum absolute atomic E-state index is 12.5. The molecule has 0 spiro atoms. The molecule has 2 aromatic carbocycles. The zero-order valence-electron chi connectivity index (χ0n) is 20.3. The minimum Gasteiger partial charge on any atom is -0.497 e. The van der Waals surface area contributed by atoms with Crippen molar-refractivity contribution in [3.63, 3.8) is 0 Å². The lowest BCUT2D eigenvalue weighted by Crippen LogP contribution is -2.38. The molecule has 2 aromatic rings. The molecule has 0 atom stereocenters. The summed E-state index contributed by atoms with van der Waals surface area (Å²) in [4.78, 5) is 15.0. The number of carbonyl (C=O) groups excluding carboxylic acids is 1. The minimum atomic E-state index is -3.64. The van der Waals surface area contributed by atoms with E-state index >= 15 is 0 Å². The quantitative estimate of drug-likeness (QED) is 0.463. The van der Waals surface area contributed by atoms with Crippen LogP contribution in [0.5, 0.6) is 5.75 Å². The Morgan fingerprint density at radius 1 is 0.939 bits per heavy atom. The second kappa shape index (κ2) is 12.7. The maximum atomic E-state index is 12.5. The maximum Gasteiger partial charge on any atom is 0.251 e. The van der Waals surface area contributed by atoms with Gasteiger partial charge in [-0.3, -0.25) is 4.79 Å². The van der Waals surface area contributed by atoms with Crippen molar-refractivity contribution in [2.24, 2.45) is 11.8 Å². The van der Waals surface area contributed by atoms with Gasteiger partial charge in [-0.15, -0.1) is 0 Å². The van der Waals surface area contributed by atoms with Gasteiger partial charge in [0.1, 0.15) is 5.75 Å². The fourth-order valence-corrected chi connectivity index (χ4v) is 4.53. The predicted octanol–water partition coefficient (Wildman–Crippen LogP) is 3.52. The van der Waals surface area contributed by atoms with E-state index in [0.29, 0.717) is 29.7 Å². The fourth-order valence-electron chi connectivity index (χ4n) is 3.51. The van der Waals surface area contributed by atoms with E-state index in [1.165, 1.54) is 19.2 Å². The lowest BCUT2D eigenvalue weighted by atomic mass is 10.1. The van der Waals surface area contributed by atoms with Gasteiger partial charge in [-0.1, -0.05) is 39.8 Å². The molecule has 2 N–H and O–H groups in total. The van der Waals surface area contributed by atoms with Crippen molar-refractivity contribution >= 4 is 15.9 Å². The summed E-state index contributed by atoms with van der Waals surface area (Å²) in [6.07, 6.45) is 0. The van der Waals surface area contributed by atoms with Crippen LogP contribution in [0.15, 0.2) is 53.4 Å². The highest BCUT2D eigenvalue weighted by Crippen LogP contribution is 2.16. The molecular formula is C25H37N3O4S. The van der Waals surface area contributed by atoms with E-state index in [1.54, 1.807) is 36.4 Å². The van der Waals surface area contributed by atoms with Gasteiger partial charge >= 0.3 is 0 Å². The highest BCUT2D eigenvalue weighted by atomic mass is 32.2. The van der Waals surface area contributed by atoms with Crippen molar-refractivity contribution < 1.29 is 17.9 Å². The molecule has 182 valence electrons. The summed E-state index contributed by atoms with van der Waals surface area (Å²) in [7, 11) is -2.11. The lowest BCUT2D eigenvalue weighted by molar-refractivity contribution is 0.0946. The van der Waals surface area contributed by atoms with Crippen LogP contribution < -0.4 is 14.8 Å². The number of amides is 1. The average Bonchev–Trinajstić information content (AvgIpc) is 2.77. The van der Waals surface area contributed by atoms with Gasteiger partial charge in [0.2, 0.25) is 10.0 Å². The predicted molar refractivity (Wildman–Crippen MR) is 132 cm³/mol. The first-order chi connectivity index (χ1) is 15.6. The normalized spacial score (nSPS) is 11.9. The van der Waals surface area contributed by atoms with Crippen LogP contribution >= 0.6 is 0 Å². The number of ether oxygens (including phenoxy) is 1. The zero-order chi connectivity index (χ0) is 24.4.